The number of rotatable bonds is 5. The Labute approximate surface area is 129 Å². The van der Waals surface area contributed by atoms with E-state index >= 15 is 0 Å². The maximum absolute atomic E-state index is 11.6. The van der Waals surface area contributed by atoms with E-state index in [1.807, 2.05) is 20.8 Å². The molecule has 2 unspecified atom stereocenters. The van der Waals surface area contributed by atoms with Gasteiger partial charge in [-0.2, -0.15) is 0 Å². The third kappa shape index (κ3) is 7.67. The Bertz CT molecular complexity index is 315. The number of nitrogens with zero attached hydrogens (tertiary/aromatic N) is 1. The molecule has 1 heterocycles. The summed E-state index contributed by atoms with van der Waals surface area (Å²) >= 11 is 0. The molecular weight excluding hydrogens is 266 g/mol. The van der Waals surface area contributed by atoms with Crippen LogP contribution in [0.3, 0.4) is 0 Å². The maximum atomic E-state index is 11.6. The molecule has 1 fully saturated rings. The van der Waals surface area contributed by atoms with Crippen molar-refractivity contribution < 1.29 is 9.53 Å². The minimum atomic E-state index is -0.446. The van der Waals surface area contributed by atoms with Crippen LogP contribution >= 0.6 is 0 Å². The summed E-state index contributed by atoms with van der Waals surface area (Å²) in [5.41, 5.74) is 5.48. The van der Waals surface area contributed by atoms with Crippen LogP contribution in [0.2, 0.25) is 0 Å². The van der Waals surface area contributed by atoms with Crippen molar-refractivity contribution in [3.8, 4) is 0 Å². The fraction of sp³-hybridized carbons (Fsp3) is 0.938. The highest BCUT2D eigenvalue weighted by Crippen LogP contribution is 2.18. The van der Waals surface area contributed by atoms with E-state index < -0.39 is 5.60 Å². The zero-order chi connectivity index (χ0) is 15.9. The second kappa shape index (κ2) is 8.59. The van der Waals surface area contributed by atoms with Crippen molar-refractivity contribution in [2.75, 3.05) is 26.2 Å². The monoisotopic (exact) mass is 299 g/mol. The summed E-state index contributed by atoms with van der Waals surface area (Å²) in [4.78, 5) is 14.1. The number of carbonyl (C=O) groups is 1. The minimum absolute atomic E-state index is 0.345. The molecule has 0 spiro atoms. The molecule has 0 radical (unpaired) electrons. The first-order valence-corrected chi connectivity index (χ1v) is 8.23. The number of likely N-dealkylation sites (tertiary alicyclic amines) is 1. The van der Waals surface area contributed by atoms with Crippen molar-refractivity contribution in [2.45, 2.75) is 65.0 Å². The van der Waals surface area contributed by atoms with Gasteiger partial charge in [0.2, 0.25) is 0 Å². The number of alkyl carbamates (subject to hydrolysis) is 1. The van der Waals surface area contributed by atoms with Crippen LogP contribution in [0, 0.1) is 5.92 Å². The van der Waals surface area contributed by atoms with E-state index in [4.69, 9.17) is 10.5 Å². The van der Waals surface area contributed by atoms with Gasteiger partial charge in [0.15, 0.2) is 0 Å². The number of nitrogens with one attached hydrogen (secondary N) is 1. The van der Waals surface area contributed by atoms with Crippen LogP contribution in [0.25, 0.3) is 0 Å². The number of nitrogens with two attached hydrogens (primary N) is 1. The molecule has 0 aromatic heterocycles. The summed E-state index contributed by atoms with van der Waals surface area (Å²) in [6.45, 7) is 11.4. The summed E-state index contributed by atoms with van der Waals surface area (Å²) in [6.07, 6.45) is 4.34. The molecule has 2 atom stereocenters. The largest absolute Gasteiger partial charge is 0.444 e. The molecular formula is C16H33N3O2. The van der Waals surface area contributed by atoms with Crippen molar-refractivity contribution in [1.29, 1.82) is 0 Å². The third-order valence-electron chi connectivity index (χ3n) is 3.99. The van der Waals surface area contributed by atoms with Gasteiger partial charge in [0.05, 0.1) is 0 Å². The van der Waals surface area contributed by atoms with Gasteiger partial charge in [0.25, 0.3) is 0 Å². The number of hydrogen-bond acceptors (Lipinski definition) is 4. The van der Waals surface area contributed by atoms with Crippen LogP contribution in [0.5, 0.6) is 0 Å². The molecule has 0 aliphatic carbocycles. The van der Waals surface area contributed by atoms with Crippen LogP contribution in [-0.4, -0.2) is 48.8 Å². The number of ether oxygens (including phenoxy) is 1. The Kier molecular flexibility index (Phi) is 7.46. The average molecular weight is 299 g/mol. The van der Waals surface area contributed by atoms with E-state index in [-0.39, 0.29) is 6.09 Å². The molecule has 0 aromatic carbocycles. The van der Waals surface area contributed by atoms with E-state index in [1.165, 1.54) is 19.3 Å². The van der Waals surface area contributed by atoms with Gasteiger partial charge in [0, 0.05) is 19.1 Å². The van der Waals surface area contributed by atoms with Gasteiger partial charge in [-0.25, -0.2) is 4.79 Å². The lowest BCUT2D eigenvalue weighted by atomic mass is 10.0. The maximum Gasteiger partial charge on any atom is 0.407 e. The zero-order valence-corrected chi connectivity index (χ0v) is 14.2. The second-order valence-electron chi connectivity index (χ2n) is 7.18. The quantitative estimate of drug-likeness (QED) is 0.818. The van der Waals surface area contributed by atoms with Gasteiger partial charge in [0.1, 0.15) is 5.60 Å². The molecule has 5 nitrogen and oxygen atoms in total. The summed E-state index contributed by atoms with van der Waals surface area (Å²) in [6, 6.07) is 0.352. The number of carbonyl (C=O) groups excluding carboxylic acids is 1. The van der Waals surface area contributed by atoms with Crippen molar-refractivity contribution in [3.05, 3.63) is 0 Å². The molecule has 0 bridgehead atoms. The molecule has 0 saturated carbocycles. The molecule has 21 heavy (non-hydrogen) atoms. The van der Waals surface area contributed by atoms with Crippen LogP contribution in [0.4, 0.5) is 4.79 Å². The van der Waals surface area contributed by atoms with E-state index in [0.717, 1.165) is 25.4 Å². The molecule has 5 heteroatoms. The molecule has 1 aliphatic heterocycles. The first-order valence-electron chi connectivity index (χ1n) is 8.23. The SMILES string of the molecule is CC1CCCN(C(CN)CCNC(=O)OC(C)(C)C)CC1. The van der Waals surface area contributed by atoms with Gasteiger partial charge in [-0.1, -0.05) is 6.92 Å². The Morgan fingerprint density at radius 3 is 2.71 bits per heavy atom. The standard InChI is InChI=1S/C16H33N3O2/c1-13-6-5-10-19(11-8-13)14(12-17)7-9-18-15(20)21-16(2,3)4/h13-14H,5-12,17H2,1-4H3,(H,18,20). The lowest BCUT2D eigenvalue weighted by Gasteiger charge is -2.30. The van der Waals surface area contributed by atoms with Crippen LogP contribution in [0.15, 0.2) is 0 Å². The van der Waals surface area contributed by atoms with Gasteiger partial charge < -0.3 is 15.8 Å². The lowest BCUT2D eigenvalue weighted by Crippen LogP contribution is -2.43. The van der Waals surface area contributed by atoms with Crippen LogP contribution in [-0.2, 0) is 4.74 Å². The fourth-order valence-electron chi connectivity index (χ4n) is 2.75. The van der Waals surface area contributed by atoms with Crippen molar-refractivity contribution >= 4 is 6.09 Å². The first-order chi connectivity index (χ1) is 9.81. The Morgan fingerprint density at radius 1 is 1.38 bits per heavy atom. The highest BCUT2D eigenvalue weighted by atomic mass is 16.6. The van der Waals surface area contributed by atoms with Crippen molar-refractivity contribution in [2.24, 2.45) is 11.7 Å². The van der Waals surface area contributed by atoms with E-state index in [1.54, 1.807) is 0 Å². The van der Waals surface area contributed by atoms with Crippen LogP contribution < -0.4 is 11.1 Å². The van der Waals surface area contributed by atoms with E-state index in [9.17, 15) is 4.79 Å². The fourth-order valence-corrected chi connectivity index (χ4v) is 2.75. The zero-order valence-electron chi connectivity index (χ0n) is 14.2. The number of hydrogen-bond donors (Lipinski definition) is 2. The smallest absolute Gasteiger partial charge is 0.407 e. The van der Waals surface area contributed by atoms with Gasteiger partial charge in [-0.05, 0) is 65.5 Å². The normalized spacial score (nSPS) is 22.4. The summed E-state index contributed by atoms with van der Waals surface area (Å²) < 4.78 is 5.24. The Balaban J connectivity index is 2.32. The van der Waals surface area contributed by atoms with Crippen LogP contribution in [0.1, 0.15) is 53.4 Å². The Hall–Kier alpha value is -0.810. The summed E-state index contributed by atoms with van der Waals surface area (Å²) in [7, 11) is 0. The lowest BCUT2D eigenvalue weighted by molar-refractivity contribution is 0.0522. The van der Waals surface area contributed by atoms with Crippen molar-refractivity contribution in [1.82, 2.24) is 10.2 Å². The predicted octanol–water partition coefficient (Wildman–Crippen LogP) is 2.35. The minimum Gasteiger partial charge on any atom is -0.444 e. The Morgan fingerprint density at radius 2 is 2.10 bits per heavy atom. The predicted molar refractivity (Wildman–Crippen MR) is 86.3 cm³/mol. The number of amides is 1. The highest BCUT2D eigenvalue weighted by Gasteiger charge is 2.21. The van der Waals surface area contributed by atoms with E-state index in [2.05, 4.69) is 17.1 Å². The highest BCUT2D eigenvalue weighted by molar-refractivity contribution is 5.67. The van der Waals surface area contributed by atoms with Gasteiger partial charge in [-0.15, -0.1) is 0 Å². The third-order valence-corrected chi connectivity index (χ3v) is 3.99. The molecule has 124 valence electrons. The molecule has 3 N–H and O–H groups in total. The van der Waals surface area contributed by atoms with Crippen molar-refractivity contribution in [3.63, 3.8) is 0 Å². The molecule has 1 saturated heterocycles. The second-order valence-corrected chi connectivity index (χ2v) is 7.18. The molecule has 0 aromatic rings. The van der Waals surface area contributed by atoms with E-state index in [0.29, 0.717) is 19.1 Å². The molecule has 1 amide bonds. The summed E-state index contributed by atoms with van der Waals surface area (Å²) in [5.74, 6) is 0.813. The van der Waals surface area contributed by atoms with Gasteiger partial charge in [-0.3, -0.25) is 4.90 Å². The molecule has 1 aliphatic rings. The summed E-state index contributed by atoms with van der Waals surface area (Å²) in [5, 5.41) is 2.82. The molecule has 1 rings (SSSR count). The topological polar surface area (TPSA) is 67.6 Å². The first kappa shape index (κ1) is 18.2. The van der Waals surface area contributed by atoms with Gasteiger partial charge >= 0.3 is 6.09 Å². The average Bonchev–Trinajstić information content (AvgIpc) is 2.57.